The minimum absolute atomic E-state index is 0.728. The SMILES string of the molecule is CCN1CCCn2c(nc3cc(C4=CC[C@H](C)CN4)ccc32)C1. The van der Waals surface area contributed by atoms with E-state index in [2.05, 4.69) is 52.9 Å². The van der Waals surface area contributed by atoms with Crippen molar-refractivity contribution in [1.29, 1.82) is 0 Å². The lowest BCUT2D eigenvalue weighted by Crippen LogP contribution is -2.23. The Morgan fingerprint density at radius 3 is 3.00 bits per heavy atom. The molecule has 0 radical (unpaired) electrons. The van der Waals surface area contributed by atoms with Crippen LogP contribution in [0.4, 0.5) is 0 Å². The first-order chi connectivity index (χ1) is 11.2. The average Bonchev–Trinajstić information content (AvgIpc) is 2.78. The molecule has 2 aromatic rings. The Labute approximate surface area is 138 Å². The van der Waals surface area contributed by atoms with E-state index in [1.165, 1.54) is 35.6 Å². The van der Waals surface area contributed by atoms with Crippen LogP contribution < -0.4 is 5.32 Å². The summed E-state index contributed by atoms with van der Waals surface area (Å²) in [4.78, 5) is 7.43. The van der Waals surface area contributed by atoms with Gasteiger partial charge in [0.05, 0.1) is 17.6 Å². The second kappa shape index (κ2) is 6.00. The number of fused-ring (bicyclic) bond motifs is 3. The van der Waals surface area contributed by atoms with Crippen molar-refractivity contribution in [2.75, 3.05) is 19.6 Å². The molecule has 2 aliphatic rings. The standard InChI is InChI=1S/C19H26N4/c1-3-22-9-4-10-23-18-8-6-15(11-17(18)21-19(23)13-22)16-7-5-14(2)12-20-16/h6-8,11,14,20H,3-5,9-10,12-13H2,1-2H3/t14-/m0/s1. The fraction of sp³-hybridized carbons (Fsp3) is 0.526. The summed E-state index contributed by atoms with van der Waals surface area (Å²) < 4.78 is 2.42. The van der Waals surface area contributed by atoms with Gasteiger partial charge in [-0.1, -0.05) is 26.0 Å². The summed E-state index contributed by atoms with van der Waals surface area (Å²) in [5.41, 5.74) is 4.96. The van der Waals surface area contributed by atoms with Crippen LogP contribution in [0.3, 0.4) is 0 Å². The first-order valence-corrected chi connectivity index (χ1v) is 8.90. The number of nitrogens with zero attached hydrogens (tertiary/aromatic N) is 3. The Balaban J connectivity index is 1.70. The van der Waals surface area contributed by atoms with Crippen LogP contribution in [-0.4, -0.2) is 34.1 Å². The van der Waals surface area contributed by atoms with Crippen LogP contribution in [0.15, 0.2) is 24.3 Å². The van der Waals surface area contributed by atoms with Gasteiger partial charge in [0.1, 0.15) is 5.82 Å². The summed E-state index contributed by atoms with van der Waals surface area (Å²) in [6.45, 7) is 9.92. The summed E-state index contributed by atoms with van der Waals surface area (Å²) in [7, 11) is 0. The Bertz CT molecular complexity index is 743. The molecule has 0 saturated carbocycles. The summed E-state index contributed by atoms with van der Waals surface area (Å²) in [6, 6.07) is 6.75. The van der Waals surface area contributed by atoms with Gasteiger partial charge in [0.25, 0.3) is 0 Å². The van der Waals surface area contributed by atoms with Gasteiger partial charge < -0.3 is 9.88 Å². The second-order valence-electron chi connectivity index (χ2n) is 6.95. The van der Waals surface area contributed by atoms with E-state index in [0.717, 1.165) is 44.0 Å². The topological polar surface area (TPSA) is 33.1 Å². The van der Waals surface area contributed by atoms with E-state index in [9.17, 15) is 0 Å². The number of hydrogen-bond donors (Lipinski definition) is 1. The number of aromatic nitrogens is 2. The monoisotopic (exact) mass is 310 g/mol. The van der Waals surface area contributed by atoms with Crippen molar-refractivity contribution in [2.45, 2.75) is 39.8 Å². The van der Waals surface area contributed by atoms with Gasteiger partial charge in [-0.2, -0.15) is 0 Å². The molecule has 0 saturated heterocycles. The van der Waals surface area contributed by atoms with Crippen molar-refractivity contribution >= 4 is 16.7 Å². The van der Waals surface area contributed by atoms with Crippen LogP contribution in [0.25, 0.3) is 16.7 Å². The number of allylic oxidation sites excluding steroid dienone is 1. The van der Waals surface area contributed by atoms with Crippen LogP contribution >= 0.6 is 0 Å². The molecule has 1 N–H and O–H groups in total. The third-order valence-corrected chi connectivity index (χ3v) is 5.17. The third kappa shape index (κ3) is 2.76. The fourth-order valence-corrected chi connectivity index (χ4v) is 3.70. The minimum Gasteiger partial charge on any atom is -0.385 e. The van der Waals surface area contributed by atoms with Gasteiger partial charge in [0.15, 0.2) is 0 Å². The Hall–Kier alpha value is -1.81. The zero-order valence-corrected chi connectivity index (χ0v) is 14.2. The molecule has 4 nitrogen and oxygen atoms in total. The van der Waals surface area contributed by atoms with E-state index >= 15 is 0 Å². The number of aryl methyl sites for hydroxylation is 1. The molecule has 23 heavy (non-hydrogen) atoms. The maximum atomic E-state index is 4.95. The van der Waals surface area contributed by atoms with Gasteiger partial charge in [0.2, 0.25) is 0 Å². The number of benzene rings is 1. The lowest BCUT2D eigenvalue weighted by molar-refractivity contribution is 0.282. The molecule has 0 aliphatic carbocycles. The second-order valence-corrected chi connectivity index (χ2v) is 6.95. The van der Waals surface area contributed by atoms with Gasteiger partial charge in [0, 0.05) is 25.3 Å². The van der Waals surface area contributed by atoms with Gasteiger partial charge in [-0.15, -0.1) is 0 Å². The van der Waals surface area contributed by atoms with E-state index in [4.69, 9.17) is 4.98 Å². The molecular formula is C19H26N4. The maximum absolute atomic E-state index is 4.95. The van der Waals surface area contributed by atoms with Crippen LogP contribution in [0.5, 0.6) is 0 Å². The molecule has 4 heteroatoms. The lowest BCUT2D eigenvalue weighted by atomic mass is 10.00. The quantitative estimate of drug-likeness (QED) is 0.924. The molecule has 0 amide bonds. The van der Waals surface area contributed by atoms with Gasteiger partial charge in [-0.3, -0.25) is 4.90 Å². The molecule has 1 atom stereocenters. The van der Waals surface area contributed by atoms with Crippen LogP contribution in [0.2, 0.25) is 0 Å². The third-order valence-electron chi connectivity index (χ3n) is 5.17. The predicted molar refractivity (Wildman–Crippen MR) is 95.1 cm³/mol. The molecule has 2 aliphatic heterocycles. The molecule has 0 bridgehead atoms. The van der Waals surface area contributed by atoms with E-state index in [-0.39, 0.29) is 0 Å². The highest BCUT2D eigenvalue weighted by Gasteiger charge is 2.18. The van der Waals surface area contributed by atoms with E-state index in [1.54, 1.807) is 0 Å². The summed E-state index contributed by atoms with van der Waals surface area (Å²) in [5.74, 6) is 1.95. The number of rotatable bonds is 2. The number of imidazole rings is 1. The molecule has 122 valence electrons. The van der Waals surface area contributed by atoms with Crippen LogP contribution in [0.1, 0.15) is 38.1 Å². The molecule has 0 fully saturated rings. The zero-order valence-electron chi connectivity index (χ0n) is 14.2. The van der Waals surface area contributed by atoms with Crippen LogP contribution in [-0.2, 0) is 13.1 Å². The fourth-order valence-electron chi connectivity index (χ4n) is 3.70. The average molecular weight is 310 g/mol. The molecule has 0 spiro atoms. The predicted octanol–water partition coefficient (Wildman–Crippen LogP) is 3.23. The highest BCUT2D eigenvalue weighted by atomic mass is 15.2. The molecule has 0 unspecified atom stereocenters. The van der Waals surface area contributed by atoms with Gasteiger partial charge >= 0.3 is 0 Å². The molecule has 3 heterocycles. The van der Waals surface area contributed by atoms with Crippen molar-refractivity contribution in [3.05, 3.63) is 35.7 Å². The van der Waals surface area contributed by atoms with E-state index in [1.807, 2.05) is 0 Å². The normalized spacial score (nSPS) is 22.3. The number of hydrogen-bond acceptors (Lipinski definition) is 3. The van der Waals surface area contributed by atoms with Gasteiger partial charge in [-0.05, 0) is 43.0 Å². The van der Waals surface area contributed by atoms with Gasteiger partial charge in [-0.25, -0.2) is 4.98 Å². The highest BCUT2D eigenvalue weighted by Crippen LogP contribution is 2.25. The Morgan fingerprint density at radius 2 is 2.22 bits per heavy atom. The van der Waals surface area contributed by atoms with Crippen molar-refractivity contribution in [3.8, 4) is 0 Å². The molecule has 1 aromatic carbocycles. The molecular weight excluding hydrogens is 284 g/mol. The van der Waals surface area contributed by atoms with E-state index in [0.29, 0.717) is 0 Å². The van der Waals surface area contributed by atoms with Crippen molar-refractivity contribution in [3.63, 3.8) is 0 Å². The maximum Gasteiger partial charge on any atom is 0.124 e. The Kier molecular flexibility index (Phi) is 3.85. The summed E-state index contributed by atoms with van der Waals surface area (Å²) >= 11 is 0. The number of nitrogens with one attached hydrogen (secondary N) is 1. The smallest absolute Gasteiger partial charge is 0.124 e. The largest absolute Gasteiger partial charge is 0.385 e. The summed E-state index contributed by atoms with van der Waals surface area (Å²) in [5, 5.41) is 3.56. The molecule has 1 aromatic heterocycles. The summed E-state index contributed by atoms with van der Waals surface area (Å²) in [6.07, 6.45) is 4.69. The minimum atomic E-state index is 0.728. The highest BCUT2D eigenvalue weighted by molar-refractivity contribution is 5.81. The molecule has 4 rings (SSSR count). The van der Waals surface area contributed by atoms with E-state index < -0.39 is 0 Å². The van der Waals surface area contributed by atoms with Crippen LogP contribution in [0, 0.1) is 5.92 Å². The van der Waals surface area contributed by atoms with Crippen molar-refractivity contribution in [1.82, 2.24) is 19.8 Å². The Morgan fingerprint density at radius 1 is 1.30 bits per heavy atom. The first kappa shape index (κ1) is 14.8. The zero-order chi connectivity index (χ0) is 15.8. The first-order valence-electron chi connectivity index (χ1n) is 8.90. The van der Waals surface area contributed by atoms with Crippen molar-refractivity contribution in [2.24, 2.45) is 5.92 Å². The van der Waals surface area contributed by atoms with Crippen molar-refractivity contribution < 1.29 is 0 Å². The lowest BCUT2D eigenvalue weighted by Gasteiger charge is -2.21.